The molecule has 1 aliphatic carbocycles. The lowest BCUT2D eigenvalue weighted by Gasteiger charge is -2.33. The quantitative estimate of drug-likeness (QED) is 0.739. The Hall–Kier alpha value is -0.610. The smallest absolute Gasteiger partial charge is 0.234 e. The zero-order valence-corrected chi connectivity index (χ0v) is 13.7. The fourth-order valence-electron chi connectivity index (χ4n) is 3.61. The minimum atomic E-state index is 0.234. The van der Waals surface area contributed by atoms with Crippen LogP contribution in [-0.4, -0.2) is 49.1 Å². The monoisotopic (exact) mass is 295 g/mol. The summed E-state index contributed by atoms with van der Waals surface area (Å²) < 4.78 is 0. The minimum Gasteiger partial charge on any atom is -0.352 e. The molecule has 2 rings (SSSR count). The van der Waals surface area contributed by atoms with Gasteiger partial charge in [0.05, 0.1) is 6.54 Å². The number of nitrogens with zero attached hydrogens (tertiary/aromatic N) is 1. The predicted octanol–water partition coefficient (Wildman–Crippen LogP) is 2.29. The van der Waals surface area contributed by atoms with Gasteiger partial charge >= 0.3 is 0 Å². The number of piperidine rings is 1. The molecule has 2 fully saturated rings. The van der Waals surface area contributed by atoms with Crippen LogP contribution in [0.1, 0.15) is 64.7 Å². The first-order valence-corrected chi connectivity index (χ1v) is 9.03. The average Bonchev–Trinajstić information content (AvgIpc) is 2.74. The van der Waals surface area contributed by atoms with Gasteiger partial charge in [0, 0.05) is 18.6 Å². The van der Waals surface area contributed by atoms with E-state index in [4.69, 9.17) is 0 Å². The van der Waals surface area contributed by atoms with E-state index in [-0.39, 0.29) is 5.91 Å². The number of rotatable bonds is 6. The highest BCUT2D eigenvalue weighted by Crippen LogP contribution is 2.17. The SMILES string of the molecule is CCCNC1CCCN(CC(=O)NC2CCCCCC2)C1. The van der Waals surface area contributed by atoms with Gasteiger partial charge in [-0.1, -0.05) is 32.6 Å². The zero-order valence-electron chi connectivity index (χ0n) is 13.7. The third-order valence-electron chi connectivity index (χ3n) is 4.78. The van der Waals surface area contributed by atoms with E-state index < -0.39 is 0 Å². The van der Waals surface area contributed by atoms with Crippen molar-refractivity contribution in [1.82, 2.24) is 15.5 Å². The van der Waals surface area contributed by atoms with Gasteiger partial charge < -0.3 is 10.6 Å². The number of hydrogen-bond acceptors (Lipinski definition) is 3. The van der Waals surface area contributed by atoms with E-state index in [2.05, 4.69) is 22.5 Å². The molecule has 2 N–H and O–H groups in total. The molecule has 122 valence electrons. The lowest BCUT2D eigenvalue weighted by molar-refractivity contribution is -0.123. The van der Waals surface area contributed by atoms with Gasteiger partial charge in [-0.25, -0.2) is 0 Å². The van der Waals surface area contributed by atoms with Gasteiger partial charge in [0.1, 0.15) is 0 Å². The number of carbonyl (C=O) groups is 1. The zero-order chi connectivity index (χ0) is 14.9. The van der Waals surface area contributed by atoms with E-state index in [1.165, 1.54) is 57.8 Å². The van der Waals surface area contributed by atoms with Crippen LogP contribution in [0.15, 0.2) is 0 Å². The molecule has 0 radical (unpaired) electrons. The number of hydrogen-bond donors (Lipinski definition) is 2. The van der Waals surface area contributed by atoms with E-state index in [1.54, 1.807) is 0 Å². The summed E-state index contributed by atoms with van der Waals surface area (Å²) >= 11 is 0. The first-order chi connectivity index (χ1) is 10.3. The molecule has 0 bridgehead atoms. The highest BCUT2D eigenvalue weighted by atomic mass is 16.2. The molecule has 1 heterocycles. The molecule has 4 heteroatoms. The summed E-state index contributed by atoms with van der Waals surface area (Å²) in [5, 5.41) is 6.85. The standard InChI is InChI=1S/C17H33N3O/c1-2-11-18-16-10-7-12-20(13-16)14-17(21)19-15-8-5-3-4-6-9-15/h15-16,18H,2-14H2,1H3,(H,19,21). The molecule has 1 saturated carbocycles. The first-order valence-electron chi connectivity index (χ1n) is 9.03. The summed E-state index contributed by atoms with van der Waals surface area (Å²) in [6, 6.07) is 1.00. The van der Waals surface area contributed by atoms with Crippen molar-refractivity contribution < 1.29 is 4.79 Å². The first kappa shape index (κ1) is 16.8. The van der Waals surface area contributed by atoms with Crippen LogP contribution in [0, 0.1) is 0 Å². The van der Waals surface area contributed by atoms with Gasteiger partial charge in [-0.15, -0.1) is 0 Å². The van der Waals surface area contributed by atoms with E-state index in [1.807, 2.05) is 0 Å². The summed E-state index contributed by atoms with van der Waals surface area (Å²) in [6.07, 6.45) is 11.2. The molecule has 1 unspecified atom stereocenters. The second kappa shape index (κ2) is 9.42. The van der Waals surface area contributed by atoms with Crippen molar-refractivity contribution in [3.05, 3.63) is 0 Å². The fraction of sp³-hybridized carbons (Fsp3) is 0.941. The molecule has 1 amide bonds. The van der Waals surface area contributed by atoms with Crippen LogP contribution in [0.5, 0.6) is 0 Å². The summed E-state index contributed by atoms with van der Waals surface area (Å²) in [5.74, 6) is 0.234. The molecule has 4 nitrogen and oxygen atoms in total. The third-order valence-corrected chi connectivity index (χ3v) is 4.78. The van der Waals surface area contributed by atoms with Crippen LogP contribution < -0.4 is 10.6 Å². The Bertz CT molecular complexity index is 300. The van der Waals surface area contributed by atoms with Gasteiger partial charge in [0.2, 0.25) is 5.91 Å². The number of likely N-dealkylation sites (tertiary alicyclic amines) is 1. The lowest BCUT2D eigenvalue weighted by Crippen LogP contribution is -2.50. The molecular formula is C17H33N3O. The third kappa shape index (κ3) is 6.35. The number of amides is 1. The lowest BCUT2D eigenvalue weighted by atomic mass is 10.1. The Morgan fingerprint density at radius 3 is 2.48 bits per heavy atom. The molecule has 1 atom stereocenters. The molecule has 1 saturated heterocycles. The molecule has 2 aliphatic rings. The van der Waals surface area contributed by atoms with Crippen LogP contribution >= 0.6 is 0 Å². The Kier molecular flexibility index (Phi) is 7.51. The Balaban J connectivity index is 1.68. The Labute approximate surface area is 130 Å². The van der Waals surface area contributed by atoms with E-state index in [9.17, 15) is 4.79 Å². The van der Waals surface area contributed by atoms with Gasteiger partial charge in [0.25, 0.3) is 0 Å². The van der Waals surface area contributed by atoms with E-state index in [0.717, 1.165) is 19.6 Å². The Morgan fingerprint density at radius 1 is 1.05 bits per heavy atom. The highest BCUT2D eigenvalue weighted by molar-refractivity contribution is 5.78. The van der Waals surface area contributed by atoms with Crippen LogP contribution in [0.3, 0.4) is 0 Å². The van der Waals surface area contributed by atoms with Gasteiger partial charge in [-0.2, -0.15) is 0 Å². The van der Waals surface area contributed by atoms with Gasteiger partial charge in [-0.05, 0) is 45.2 Å². The van der Waals surface area contributed by atoms with Crippen LogP contribution in [0.2, 0.25) is 0 Å². The van der Waals surface area contributed by atoms with Crippen molar-refractivity contribution in [2.45, 2.75) is 76.8 Å². The second-order valence-electron chi connectivity index (χ2n) is 6.78. The molecule has 21 heavy (non-hydrogen) atoms. The van der Waals surface area contributed by atoms with Gasteiger partial charge in [0.15, 0.2) is 0 Å². The molecule has 1 aliphatic heterocycles. The van der Waals surface area contributed by atoms with Gasteiger partial charge in [-0.3, -0.25) is 9.69 Å². The van der Waals surface area contributed by atoms with Crippen molar-refractivity contribution in [1.29, 1.82) is 0 Å². The van der Waals surface area contributed by atoms with Crippen molar-refractivity contribution >= 4 is 5.91 Å². The largest absolute Gasteiger partial charge is 0.352 e. The summed E-state index contributed by atoms with van der Waals surface area (Å²) in [7, 11) is 0. The number of nitrogens with one attached hydrogen (secondary N) is 2. The normalized spacial score (nSPS) is 25.5. The summed E-state index contributed by atoms with van der Waals surface area (Å²) in [4.78, 5) is 14.6. The summed E-state index contributed by atoms with van der Waals surface area (Å²) in [6.45, 7) is 5.97. The molecular weight excluding hydrogens is 262 g/mol. The van der Waals surface area contributed by atoms with Crippen molar-refractivity contribution in [2.75, 3.05) is 26.2 Å². The maximum atomic E-state index is 12.2. The van der Waals surface area contributed by atoms with Crippen LogP contribution in [0.4, 0.5) is 0 Å². The second-order valence-corrected chi connectivity index (χ2v) is 6.78. The fourth-order valence-corrected chi connectivity index (χ4v) is 3.61. The highest BCUT2D eigenvalue weighted by Gasteiger charge is 2.22. The Morgan fingerprint density at radius 2 is 1.76 bits per heavy atom. The maximum Gasteiger partial charge on any atom is 0.234 e. The molecule has 0 spiro atoms. The van der Waals surface area contributed by atoms with Crippen LogP contribution in [0.25, 0.3) is 0 Å². The summed E-state index contributed by atoms with van der Waals surface area (Å²) in [5.41, 5.74) is 0. The topological polar surface area (TPSA) is 44.4 Å². The van der Waals surface area contributed by atoms with Crippen molar-refractivity contribution in [3.8, 4) is 0 Å². The van der Waals surface area contributed by atoms with E-state index >= 15 is 0 Å². The van der Waals surface area contributed by atoms with E-state index in [0.29, 0.717) is 18.6 Å². The maximum absolute atomic E-state index is 12.2. The van der Waals surface area contributed by atoms with Crippen molar-refractivity contribution in [2.24, 2.45) is 0 Å². The van der Waals surface area contributed by atoms with Crippen molar-refractivity contribution in [3.63, 3.8) is 0 Å². The number of carbonyl (C=O) groups excluding carboxylic acids is 1. The minimum absolute atomic E-state index is 0.234. The van der Waals surface area contributed by atoms with Crippen LogP contribution in [-0.2, 0) is 4.79 Å². The molecule has 0 aromatic carbocycles. The average molecular weight is 295 g/mol. The predicted molar refractivity (Wildman–Crippen MR) is 87.4 cm³/mol. The molecule has 0 aromatic heterocycles. The molecule has 0 aromatic rings.